The Morgan fingerprint density at radius 2 is 2.17 bits per heavy atom. The van der Waals surface area contributed by atoms with Gasteiger partial charge in [-0.1, -0.05) is 19.3 Å². The Hall–Kier alpha value is -0.870. The summed E-state index contributed by atoms with van der Waals surface area (Å²) in [7, 11) is 0. The van der Waals surface area contributed by atoms with Gasteiger partial charge in [0.05, 0.1) is 5.69 Å². The highest BCUT2D eigenvalue weighted by molar-refractivity contribution is 5.11. The van der Waals surface area contributed by atoms with E-state index in [-0.39, 0.29) is 0 Å². The van der Waals surface area contributed by atoms with Crippen molar-refractivity contribution >= 4 is 0 Å². The number of hydrazine groups is 1. The Morgan fingerprint density at radius 3 is 2.78 bits per heavy atom. The summed E-state index contributed by atoms with van der Waals surface area (Å²) in [4.78, 5) is 0. The summed E-state index contributed by atoms with van der Waals surface area (Å²) in [5.74, 6) is 6.50. The second-order valence-electron chi connectivity index (χ2n) is 5.47. The summed E-state index contributed by atoms with van der Waals surface area (Å²) in [6.45, 7) is 5.13. The zero-order chi connectivity index (χ0) is 13.0. The molecule has 3 N–H and O–H groups in total. The van der Waals surface area contributed by atoms with Crippen molar-refractivity contribution in [2.75, 3.05) is 0 Å². The molecule has 0 amide bonds. The number of nitrogens with zero attached hydrogens (tertiary/aromatic N) is 2. The van der Waals surface area contributed by atoms with E-state index in [0.29, 0.717) is 6.04 Å². The van der Waals surface area contributed by atoms with E-state index in [1.165, 1.54) is 37.8 Å². The molecule has 4 heteroatoms. The summed E-state index contributed by atoms with van der Waals surface area (Å²) in [6, 6.07) is 2.59. The Morgan fingerprint density at radius 1 is 1.44 bits per heavy atom. The van der Waals surface area contributed by atoms with Gasteiger partial charge in [-0.25, -0.2) is 0 Å². The molecule has 1 aromatic rings. The predicted molar refractivity (Wildman–Crippen MR) is 74.0 cm³/mol. The molecule has 1 heterocycles. The Labute approximate surface area is 110 Å². The minimum Gasteiger partial charge on any atom is -0.271 e. The van der Waals surface area contributed by atoms with Crippen molar-refractivity contribution in [3.05, 3.63) is 17.5 Å². The number of nitrogens with one attached hydrogen (secondary N) is 1. The fourth-order valence-electron chi connectivity index (χ4n) is 3.16. The van der Waals surface area contributed by atoms with Crippen LogP contribution in [0.1, 0.15) is 50.4 Å². The molecular formula is C14H26N4. The predicted octanol–water partition coefficient (Wildman–Crippen LogP) is 2.17. The lowest BCUT2D eigenvalue weighted by atomic mass is 9.82. The van der Waals surface area contributed by atoms with E-state index < -0.39 is 0 Å². The molecule has 1 saturated carbocycles. The van der Waals surface area contributed by atoms with Gasteiger partial charge in [-0.2, -0.15) is 5.10 Å². The first-order valence-electron chi connectivity index (χ1n) is 7.24. The van der Waals surface area contributed by atoms with Crippen LogP contribution < -0.4 is 11.3 Å². The Balaban J connectivity index is 2.04. The average molecular weight is 250 g/mol. The van der Waals surface area contributed by atoms with Crippen LogP contribution in [0.15, 0.2) is 6.07 Å². The molecule has 1 unspecified atom stereocenters. The average Bonchev–Trinajstić information content (AvgIpc) is 2.77. The number of rotatable bonds is 5. The smallest absolute Gasteiger partial charge is 0.0596 e. The maximum atomic E-state index is 5.77. The fourth-order valence-corrected chi connectivity index (χ4v) is 3.16. The lowest BCUT2D eigenvalue weighted by molar-refractivity contribution is 0.265. The number of aryl methyl sites for hydroxylation is 2. The highest BCUT2D eigenvalue weighted by atomic mass is 15.3. The topological polar surface area (TPSA) is 55.9 Å². The van der Waals surface area contributed by atoms with Crippen molar-refractivity contribution in [1.82, 2.24) is 15.2 Å². The largest absolute Gasteiger partial charge is 0.271 e. The van der Waals surface area contributed by atoms with Crippen LogP contribution in [-0.4, -0.2) is 15.8 Å². The van der Waals surface area contributed by atoms with Gasteiger partial charge in [-0.3, -0.25) is 16.0 Å². The lowest BCUT2D eigenvalue weighted by Crippen LogP contribution is -2.43. The van der Waals surface area contributed by atoms with Crippen LogP contribution in [-0.2, 0) is 13.0 Å². The molecule has 0 spiro atoms. The van der Waals surface area contributed by atoms with Gasteiger partial charge in [0.1, 0.15) is 0 Å². The van der Waals surface area contributed by atoms with E-state index in [0.717, 1.165) is 24.6 Å². The van der Waals surface area contributed by atoms with Gasteiger partial charge in [-0.15, -0.1) is 0 Å². The molecule has 1 atom stereocenters. The molecule has 0 aromatic carbocycles. The first-order chi connectivity index (χ1) is 8.74. The van der Waals surface area contributed by atoms with E-state index in [2.05, 4.69) is 35.1 Å². The maximum absolute atomic E-state index is 5.77. The van der Waals surface area contributed by atoms with E-state index >= 15 is 0 Å². The van der Waals surface area contributed by atoms with Crippen molar-refractivity contribution < 1.29 is 0 Å². The zero-order valence-electron chi connectivity index (χ0n) is 11.7. The normalized spacial score (nSPS) is 19.1. The minimum atomic E-state index is 0.395. The first kappa shape index (κ1) is 13.6. The van der Waals surface area contributed by atoms with E-state index in [4.69, 9.17) is 5.84 Å². The van der Waals surface area contributed by atoms with Crippen LogP contribution in [0.3, 0.4) is 0 Å². The van der Waals surface area contributed by atoms with E-state index in [9.17, 15) is 0 Å². The monoisotopic (exact) mass is 250 g/mol. The maximum Gasteiger partial charge on any atom is 0.0596 e. The van der Waals surface area contributed by atoms with Crippen LogP contribution >= 0.6 is 0 Å². The lowest BCUT2D eigenvalue weighted by Gasteiger charge is -2.29. The van der Waals surface area contributed by atoms with Crippen molar-refractivity contribution in [3.63, 3.8) is 0 Å². The van der Waals surface area contributed by atoms with Crippen LogP contribution in [0.25, 0.3) is 0 Å². The third-order valence-electron chi connectivity index (χ3n) is 4.15. The standard InChI is InChI=1S/C14H26N4/c1-3-18-13(9-11(2)17-18)10-14(16-15)12-7-5-4-6-8-12/h9,12,14,16H,3-8,10,15H2,1-2H3. The third-order valence-corrected chi connectivity index (χ3v) is 4.15. The molecule has 0 saturated heterocycles. The molecule has 102 valence electrons. The minimum absolute atomic E-state index is 0.395. The third kappa shape index (κ3) is 3.12. The van der Waals surface area contributed by atoms with Gasteiger partial charge in [0, 0.05) is 24.7 Å². The first-order valence-corrected chi connectivity index (χ1v) is 7.24. The molecule has 0 aliphatic heterocycles. The summed E-state index contributed by atoms with van der Waals surface area (Å²) in [5.41, 5.74) is 5.45. The van der Waals surface area contributed by atoms with Crippen molar-refractivity contribution in [2.24, 2.45) is 11.8 Å². The van der Waals surface area contributed by atoms with Crippen molar-refractivity contribution in [2.45, 2.75) is 65.0 Å². The van der Waals surface area contributed by atoms with Crippen LogP contribution in [0.4, 0.5) is 0 Å². The fraction of sp³-hybridized carbons (Fsp3) is 0.786. The van der Waals surface area contributed by atoms with Gasteiger partial charge in [-0.05, 0) is 38.7 Å². The molecule has 1 aromatic heterocycles. The Bertz CT molecular complexity index is 366. The molecule has 18 heavy (non-hydrogen) atoms. The number of hydrogen-bond acceptors (Lipinski definition) is 3. The van der Waals surface area contributed by atoms with Crippen LogP contribution in [0, 0.1) is 12.8 Å². The van der Waals surface area contributed by atoms with Gasteiger partial charge in [0.15, 0.2) is 0 Å². The van der Waals surface area contributed by atoms with Crippen LogP contribution in [0.5, 0.6) is 0 Å². The van der Waals surface area contributed by atoms with Gasteiger partial charge in [0.2, 0.25) is 0 Å². The van der Waals surface area contributed by atoms with Crippen molar-refractivity contribution in [1.29, 1.82) is 0 Å². The Kier molecular flexibility index (Phi) is 4.78. The number of aromatic nitrogens is 2. The summed E-state index contributed by atoms with van der Waals surface area (Å²) in [6.07, 6.45) is 7.72. The number of hydrogen-bond donors (Lipinski definition) is 2. The highest BCUT2D eigenvalue weighted by Crippen LogP contribution is 2.27. The molecule has 1 fully saturated rings. The molecule has 1 aliphatic carbocycles. The molecule has 1 aliphatic rings. The van der Waals surface area contributed by atoms with E-state index in [1.54, 1.807) is 0 Å². The second-order valence-corrected chi connectivity index (χ2v) is 5.47. The quantitative estimate of drug-likeness (QED) is 0.622. The molecule has 0 bridgehead atoms. The van der Waals surface area contributed by atoms with Crippen molar-refractivity contribution in [3.8, 4) is 0 Å². The van der Waals surface area contributed by atoms with Gasteiger partial charge >= 0.3 is 0 Å². The highest BCUT2D eigenvalue weighted by Gasteiger charge is 2.24. The molecular weight excluding hydrogens is 224 g/mol. The molecule has 4 nitrogen and oxygen atoms in total. The van der Waals surface area contributed by atoms with Gasteiger partial charge in [0.25, 0.3) is 0 Å². The zero-order valence-corrected chi connectivity index (χ0v) is 11.7. The van der Waals surface area contributed by atoms with E-state index in [1.807, 2.05) is 0 Å². The summed E-state index contributed by atoms with van der Waals surface area (Å²) < 4.78 is 2.10. The van der Waals surface area contributed by atoms with Gasteiger partial charge < -0.3 is 0 Å². The summed E-state index contributed by atoms with van der Waals surface area (Å²) in [5, 5.41) is 4.51. The molecule has 2 rings (SSSR count). The van der Waals surface area contributed by atoms with Crippen LogP contribution in [0.2, 0.25) is 0 Å². The number of nitrogens with two attached hydrogens (primary N) is 1. The molecule has 0 radical (unpaired) electrons. The summed E-state index contributed by atoms with van der Waals surface area (Å²) >= 11 is 0. The second kappa shape index (κ2) is 6.34. The SMILES string of the molecule is CCn1nc(C)cc1CC(NN)C1CCCCC1.